The largest absolute Gasteiger partial charge is 0.468 e. The number of hydrogen-bond donors (Lipinski definition) is 2. The van der Waals surface area contributed by atoms with E-state index in [2.05, 4.69) is 10.9 Å². The number of esters is 2. The van der Waals surface area contributed by atoms with Crippen molar-refractivity contribution >= 4 is 11.9 Å². The summed E-state index contributed by atoms with van der Waals surface area (Å²) in [6.45, 7) is 0. The number of fused-ring (bicyclic) bond motifs is 5. The molecule has 0 spiro atoms. The third-order valence-electron chi connectivity index (χ3n) is 9.46. The van der Waals surface area contributed by atoms with Crippen LogP contribution in [0, 0.1) is 47.3 Å². The highest BCUT2D eigenvalue weighted by atomic mass is 16.5. The van der Waals surface area contributed by atoms with Gasteiger partial charge < -0.3 is 9.47 Å². The molecular formula is C20H28N2O4. The van der Waals surface area contributed by atoms with Crippen LogP contribution < -0.4 is 10.9 Å². The lowest BCUT2D eigenvalue weighted by Crippen LogP contribution is -2.89. The van der Waals surface area contributed by atoms with E-state index in [1.165, 1.54) is 39.9 Å². The van der Waals surface area contributed by atoms with Crippen molar-refractivity contribution < 1.29 is 19.1 Å². The van der Waals surface area contributed by atoms with Gasteiger partial charge in [-0.05, 0) is 85.9 Å². The van der Waals surface area contributed by atoms with Crippen molar-refractivity contribution in [3.05, 3.63) is 0 Å². The molecule has 6 nitrogen and oxygen atoms in total. The predicted octanol–water partition coefficient (Wildman–Crippen LogP) is 1.26. The first-order valence-electron chi connectivity index (χ1n) is 10.3. The summed E-state index contributed by atoms with van der Waals surface area (Å²) in [7, 11) is 3.03. The molecule has 7 rings (SSSR count). The van der Waals surface area contributed by atoms with Crippen LogP contribution in [-0.4, -0.2) is 37.2 Å². The first-order valence-corrected chi connectivity index (χ1v) is 10.3. The van der Waals surface area contributed by atoms with Crippen LogP contribution in [0.25, 0.3) is 0 Å². The van der Waals surface area contributed by atoms with Crippen LogP contribution in [-0.2, 0) is 19.1 Å². The Balaban J connectivity index is 1.60. The molecule has 10 atom stereocenters. The van der Waals surface area contributed by atoms with E-state index in [0.717, 1.165) is 12.8 Å². The van der Waals surface area contributed by atoms with Crippen molar-refractivity contribution in [2.45, 2.75) is 49.6 Å². The molecule has 0 aromatic carbocycles. The van der Waals surface area contributed by atoms with E-state index in [-0.39, 0.29) is 35.6 Å². The molecule has 0 aromatic heterocycles. The quantitative estimate of drug-likeness (QED) is 0.722. The van der Waals surface area contributed by atoms with Crippen LogP contribution in [0.15, 0.2) is 0 Å². The Bertz CT molecular complexity index is 603. The summed E-state index contributed by atoms with van der Waals surface area (Å²) in [5, 5.41) is 0. The highest BCUT2D eigenvalue weighted by molar-refractivity contribution is 5.88. The number of rotatable bonds is 2. The lowest BCUT2D eigenvalue weighted by molar-refractivity contribution is -0.219. The lowest BCUT2D eigenvalue weighted by Gasteiger charge is -2.68. The molecule has 26 heavy (non-hydrogen) atoms. The van der Waals surface area contributed by atoms with Gasteiger partial charge >= 0.3 is 11.9 Å². The van der Waals surface area contributed by atoms with E-state index in [0.29, 0.717) is 23.7 Å². The average molecular weight is 360 g/mol. The first kappa shape index (κ1) is 15.9. The number of hydrogen-bond acceptors (Lipinski definition) is 6. The summed E-state index contributed by atoms with van der Waals surface area (Å²) in [5.41, 5.74) is 5.52. The molecule has 6 bridgehead atoms. The highest BCUT2D eigenvalue weighted by Gasteiger charge is 2.83. The van der Waals surface area contributed by atoms with Crippen molar-refractivity contribution in [3.63, 3.8) is 0 Å². The van der Waals surface area contributed by atoms with Gasteiger partial charge in [0.05, 0.1) is 14.2 Å². The number of carbonyl (C=O) groups excluding carboxylic acids is 2. The maximum Gasteiger partial charge on any atom is 0.327 e. The van der Waals surface area contributed by atoms with Gasteiger partial charge in [0, 0.05) is 0 Å². The minimum atomic E-state index is -0.667. The number of carbonyl (C=O) groups is 2. The Morgan fingerprint density at radius 1 is 0.692 bits per heavy atom. The lowest BCUT2D eigenvalue weighted by atomic mass is 9.43. The standard InChI is InChI=1S/C20H28N2O4/c1-25-17(23)19-13-9-3-5-11(7-9)15(13)20(22-21-19,18(24)26-2)16-12-6-4-10(8-12)14(16)19/h9-16,21-22H,3-8H2,1-2H3/t9-,10+,11+,12-,13+,14-,15-,16+,19?,20?. The topological polar surface area (TPSA) is 76.7 Å². The minimum Gasteiger partial charge on any atom is -0.468 e. The van der Waals surface area contributed by atoms with Crippen LogP contribution >= 0.6 is 0 Å². The van der Waals surface area contributed by atoms with Crippen molar-refractivity contribution in [1.29, 1.82) is 0 Å². The van der Waals surface area contributed by atoms with Crippen LogP contribution in [0.3, 0.4) is 0 Å². The summed E-state index contributed by atoms with van der Waals surface area (Å²) in [4.78, 5) is 26.6. The van der Waals surface area contributed by atoms with Crippen molar-refractivity contribution in [2.75, 3.05) is 14.2 Å². The monoisotopic (exact) mass is 360 g/mol. The average Bonchev–Trinajstić information content (AvgIpc) is 3.47. The maximum atomic E-state index is 13.3. The third kappa shape index (κ3) is 1.42. The van der Waals surface area contributed by atoms with Gasteiger partial charge in [0.25, 0.3) is 0 Å². The van der Waals surface area contributed by atoms with E-state index >= 15 is 0 Å². The Morgan fingerprint density at radius 2 is 1.00 bits per heavy atom. The zero-order valence-electron chi connectivity index (χ0n) is 15.5. The predicted molar refractivity (Wildman–Crippen MR) is 91.4 cm³/mol. The van der Waals surface area contributed by atoms with Gasteiger partial charge in [-0.1, -0.05) is 0 Å². The van der Waals surface area contributed by atoms with Gasteiger partial charge in [0.15, 0.2) is 0 Å². The minimum absolute atomic E-state index is 0.117. The number of ether oxygens (including phenoxy) is 2. The summed E-state index contributed by atoms with van der Waals surface area (Å²) < 4.78 is 10.8. The molecule has 5 saturated carbocycles. The SMILES string of the molecule is COC(=O)C12NNC(C(=O)OC)([C@@H]3[C@H]4CC[C@H](C4)[C@@H]31)[C@H]1[C@@H]3CC[C@@H](C3)[C@H]12. The molecule has 142 valence electrons. The Labute approximate surface area is 153 Å². The van der Waals surface area contributed by atoms with Crippen molar-refractivity contribution in [1.82, 2.24) is 10.9 Å². The normalized spacial score (nSPS) is 57.8. The second-order valence-corrected chi connectivity index (χ2v) is 9.74. The molecule has 5 aliphatic carbocycles. The molecule has 6 heteroatoms. The second kappa shape index (κ2) is 4.82. The fourth-order valence-electron chi connectivity index (χ4n) is 9.17. The summed E-state index contributed by atoms with van der Waals surface area (Å²) in [6.07, 6.45) is 6.99. The molecule has 2 N–H and O–H groups in total. The zero-order valence-corrected chi connectivity index (χ0v) is 15.5. The molecule has 2 aliphatic heterocycles. The second-order valence-electron chi connectivity index (χ2n) is 9.74. The van der Waals surface area contributed by atoms with Crippen LogP contribution in [0.2, 0.25) is 0 Å². The molecule has 7 fully saturated rings. The third-order valence-corrected chi connectivity index (χ3v) is 9.46. The number of hydrazine groups is 1. The van der Waals surface area contributed by atoms with Crippen LogP contribution in [0.1, 0.15) is 38.5 Å². The molecule has 7 aliphatic rings. The summed E-state index contributed by atoms with van der Waals surface area (Å²) >= 11 is 0. The van der Waals surface area contributed by atoms with Crippen molar-refractivity contribution in [3.8, 4) is 0 Å². The molecular weight excluding hydrogens is 332 g/mol. The molecule has 0 radical (unpaired) electrons. The molecule has 2 unspecified atom stereocenters. The number of methoxy groups -OCH3 is 2. The molecule has 2 heterocycles. The van der Waals surface area contributed by atoms with Gasteiger partial charge in [-0.2, -0.15) is 0 Å². The maximum absolute atomic E-state index is 13.3. The fraction of sp³-hybridized carbons (Fsp3) is 0.900. The highest BCUT2D eigenvalue weighted by Crippen LogP contribution is 2.73. The summed E-state index contributed by atoms with van der Waals surface area (Å²) in [6, 6.07) is 0. The van der Waals surface area contributed by atoms with Gasteiger partial charge in [0.1, 0.15) is 11.1 Å². The van der Waals surface area contributed by atoms with Gasteiger partial charge in [-0.25, -0.2) is 20.4 Å². The Hall–Kier alpha value is -1.14. The van der Waals surface area contributed by atoms with E-state index < -0.39 is 11.1 Å². The molecule has 0 amide bonds. The molecule has 0 aromatic rings. The smallest absolute Gasteiger partial charge is 0.327 e. The van der Waals surface area contributed by atoms with E-state index in [9.17, 15) is 9.59 Å². The van der Waals surface area contributed by atoms with Crippen LogP contribution in [0.5, 0.6) is 0 Å². The van der Waals surface area contributed by atoms with Gasteiger partial charge in [0.2, 0.25) is 0 Å². The summed E-state index contributed by atoms with van der Waals surface area (Å²) in [5.74, 6) is 2.59. The van der Waals surface area contributed by atoms with Gasteiger partial charge in [-0.3, -0.25) is 0 Å². The fourth-order valence-corrected chi connectivity index (χ4v) is 9.17. The first-order chi connectivity index (χ1) is 12.6. The number of nitrogens with one attached hydrogen (secondary N) is 2. The zero-order chi connectivity index (χ0) is 17.8. The van der Waals surface area contributed by atoms with E-state index in [1.54, 1.807) is 0 Å². The Kier molecular flexibility index (Phi) is 2.94. The Morgan fingerprint density at radius 3 is 1.27 bits per heavy atom. The van der Waals surface area contributed by atoms with Crippen LogP contribution in [0.4, 0.5) is 0 Å². The van der Waals surface area contributed by atoms with Gasteiger partial charge in [-0.15, -0.1) is 0 Å². The van der Waals surface area contributed by atoms with Crippen molar-refractivity contribution in [2.24, 2.45) is 47.3 Å². The molecule has 2 saturated heterocycles. The van der Waals surface area contributed by atoms with E-state index in [1.807, 2.05) is 0 Å². The van der Waals surface area contributed by atoms with E-state index in [4.69, 9.17) is 9.47 Å².